The van der Waals surface area contributed by atoms with Crippen LogP contribution in [0, 0.1) is 11.5 Å². The summed E-state index contributed by atoms with van der Waals surface area (Å²) in [5.41, 5.74) is 1.33. The fourth-order valence-corrected chi connectivity index (χ4v) is 2.08. The molecule has 1 rings (SSSR count). The number of aliphatic imine (C=N–C) groups is 1. The van der Waals surface area contributed by atoms with Gasteiger partial charge < -0.3 is 0 Å². The molecule has 0 unspecified atom stereocenters. The molecule has 96 valence electrons. The summed E-state index contributed by atoms with van der Waals surface area (Å²) in [5.74, 6) is 0.683. The number of benzene rings is 1. The maximum atomic E-state index is 8.46. The van der Waals surface area contributed by atoms with Gasteiger partial charge in [-0.15, -0.1) is 11.8 Å². The molecule has 0 heterocycles. The number of thioether (sulfide) groups is 1. The second-order valence-electron chi connectivity index (χ2n) is 4.19. The summed E-state index contributed by atoms with van der Waals surface area (Å²) in [4.78, 5) is 5.69. The summed E-state index contributed by atoms with van der Waals surface area (Å²) in [5, 5.41) is 11.0. The van der Waals surface area contributed by atoms with Crippen LogP contribution in [0.1, 0.15) is 25.8 Å². The number of aryl methyl sites for hydroxylation is 1. The van der Waals surface area contributed by atoms with Crippen LogP contribution in [0.3, 0.4) is 0 Å². The Balaban J connectivity index is 2.44. The van der Waals surface area contributed by atoms with Gasteiger partial charge in [0.05, 0.1) is 0 Å². The molecular weight excluding hydrogens is 242 g/mol. The lowest BCUT2D eigenvalue weighted by molar-refractivity contribution is 0.665. The predicted octanol–water partition coefficient (Wildman–Crippen LogP) is 3.22. The van der Waals surface area contributed by atoms with E-state index in [9.17, 15) is 0 Å². The molecule has 0 spiro atoms. The Labute approximate surface area is 113 Å². The third-order valence-electron chi connectivity index (χ3n) is 2.66. The van der Waals surface area contributed by atoms with Crippen molar-refractivity contribution in [1.29, 1.82) is 5.26 Å². The molecule has 0 aliphatic rings. The molecule has 0 aliphatic heterocycles. The van der Waals surface area contributed by atoms with Crippen molar-refractivity contribution in [2.45, 2.75) is 37.6 Å². The standard InChI is InChI=1S/C14H19N3S/c1-11(17-12(2)16-10-15)4-5-13-6-8-14(18-3)9-7-13/h6-9,11H,4-5H2,1-3H3,(H,16,17)/t11-/m0/s1. The molecule has 1 N–H and O–H groups in total. The highest BCUT2D eigenvalue weighted by Gasteiger charge is 2.01. The fraction of sp³-hybridized carbons (Fsp3) is 0.429. The molecule has 1 aromatic rings. The van der Waals surface area contributed by atoms with Crippen LogP contribution in [0.2, 0.25) is 0 Å². The minimum absolute atomic E-state index is 0.228. The maximum absolute atomic E-state index is 8.46. The molecule has 0 aliphatic carbocycles. The van der Waals surface area contributed by atoms with Gasteiger partial charge in [0.15, 0.2) is 6.19 Å². The predicted molar refractivity (Wildman–Crippen MR) is 77.9 cm³/mol. The summed E-state index contributed by atoms with van der Waals surface area (Å²) in [6.07, 6.45) is 5.96. The van der Waals surface area contributed by atoms with Crippen molar-refractivity contribution in [3.8, 4) is 6.19 Å². The van der Waals surface area contributed by atoms with Gasteiger partial charge in [-0.1, -0.05) is 12.1 Å². The van der Waals surface area contributed by atoms with Crippen molar-refractivity contribution in [2.24, 2.45) is 4.99 Å². The van der Waals surface area contributed by atoms with Crippen LogP contribution in [0.25, 0.3) is 0 Å². The van der Waals surface area contributed by atoms with Gasteiger partial charge in [0.25, 0.3) is 0 Å². The van der Waals surface area contributed by atoms with E-state index in [0.717, 1.165) is 12.8 Å². The molecule has 0 saturated carbocycles. The zero-order valence-electron chi connectivity index (χ0n) is 11.1. The van der Waals surface area contributed by atoms with Gasteiger partial charge in [-0.2, -0.15) is 5.26 Å². The van der Waals surface area contributed by atoms with Crippen molar-refractivity contribution < 1.29 is 0 Å². The molecule has 4 heteroatoms. The van der Waals surface area contributed by atoms with E-state index in [1.165, 1.54) is 10.5 Å². The quantitative estimate of drug-likeness (QED) is 0.291. The second-order valence-corrected chi connectivity index (χ2v) is 5.07. The first-order chi connectivity index (χ1) is 8.65. The number of hydrogen-bond acceptors (Lipinski definition) is 3. The first kappa shape index (κ1) is 14.6. The second kappa shape index (κ2) is 7.78. The molecule has 1 atom stereocenters. The van der Waals surface area contributed by atoms with Crippen molar-refractivity contribution in [1.82, 2.24) is 5.32 Å². The highest BCUT2D eigenvalue weighted by atomic mass is 32.2. The minimum Gasteiger partial charge on any atom is -0.281 e. The molecule has 0 amide bonds. The average molecular weight is 261 g/mol. The molecule has 0 bridgehead atoms. The molecule has 0 saturated heterocycles. The number of nitrogens with zero attached hydrogens (tertiary/aromatic N) is 2. The van der Waals surface area contributed by atoms with Crippen LogP contribution in [0.15, 0.2) is 34.2 Å². The van der Waals surface area contributed by atoms with E-state index < -0.39 is 0 Å². The summed E-state index contributed by atoms with van der Waals surface area (Å²) in [6, 6.07) is 8.86. The lowest BCUT2D eigenvalue weighted by Gasteiger charge is -2.08. The zero-order chi connectivity index (χ0) is 13.4. The summed E-state index contributed by atoms with van der Waals surface area (Å²) in [6.45, 7) is 3.88. The Hall–Kier alpha value is -1.47. The zero-order valence-corrected chi connectivity index (χ0v) is 11.9. The van der Waals surface area contributed by atoms with E-state index in [0.29, 0.717) is 5.84 Å². The molecule has 0 radical (unpaired) electrons. The molecule has 0 fully saturated rings. The Bertz CT molecular complexity index is 431. The van der Waals surface area contributed by atoms with Crippen molar-refractivity contribution in [2.75, 3.05) is 6.26 Å². The van der Waals surface area contributed by atoms with Gasteiger partial charge in [0.1, 0.15) is 5.84 Å². The SMILES string of the molecule is CSc1ccc(CC[C@H](C)N=C(C)NC#N)cc1. The smallest absolute Gasteiger partial charge is 0.182 e. The third kappa shape index (κ3) is 5.24. The highest BCUT2D eigenvalue weighted by molar-refractivity contribution is 7.98. The van der Waals surface area contributed by atoms with Crippen molar-refractivity contribution in [3.05, 3.63) is 29.8 Å². The first-order valence-corrected chi connectivity index (χ1v) is 7.20. The number of rotatable bonds is 5. The van der Waals surface area contributed by atoms with E-state index in [1.54, 1.807) is 11.8 Å². The van der Waals surface area contributed by atoms with E-state index in [1.807, 2.05) is 13.1 Å². The topological polar surface area (TPSA) is 48.2 Å². The minimum atomic E-state index is 0.228. The van der Waals surface area contributed by atoms with E-state index in [4.69, 9.17) is 5.26 Å². The average Bonchev–Trinajstić information content (AvgIpc) is 2.37. The summed E-state index contributed by atoms with van der Waals surface area (Å²) < 4.78 is 0. The molecule has 3 nitrogen and oxygen atoms in total. The number of nitriles is 1. The summed E-state index contributed by atoms with van der Waals surface area (Å²) in [7, 11) is 0. The van der Waals surface area contributed by atoms with Gasteiger partial charge in [0.2, 0.25) is 0 Å². The maximum Gasteiger partial charge on any atom is 0.182 e. The molecule has 0 aromatic heterocycles. The number of amidine groups is 1. The van der Waals surface area contributed by atoms with Crippen LogP contribution >= 0.6 is 11.8 Å². The van der Waals surface area contributed by atoms with Gasteiger partial charge in [-0.25, -0.2) is 0 Å². The van der Waals surface area contributed by atoms with Gasteiger partial charge in [0, 0.05) is 10.9 Å². The molecular formula is C14H19N3S. The Kier molecular flexibility index (Phi) is 6.31. The molecule has 1 aromatic carbocycles. The Morgan fingerprint density at radius 3 is 2.67 bits per heavy atom. The summed E-state index contributed by atoms with van der Waals surface area (Å²) >= 11 is 1.76. The van der Waals surface area contributed by atoms with Crippen LogP contribution in [-0.2, 0) is 6.42 Å². The monoisotopic (exact) mass is 261 g/mol. The van der Waals surface area contributed by atoms with Gasteiger partial charge in [-0.3, -0.25) is 10.3 Å². The third-order valence-corrected chi connectivity index (χ3v) is 3.40. The highest BCUT2D eigenvalue weighted by Crippen LogP contribution is 2.16. The van der Waals surface area contributed by atoms with E-state index >= 15 is 0 Å². The lowest BCUT2D eigenvalue weighted by atomic mass is 10.1. The lowest BCUT2D eigenvalue weighted by Crippen LogP contribution is -2.16. The normalized spacial score (nSPS) is 12.9. The fourth-order valence-electron chi connectivity index (χ4n) is 1.68. The molecule has 18 heavy (non-hydrogen) atoms. The van der Waals surface area contributed by atoms with Crippen LogP contribution in [0.5, 0.6) is 0 Å². The van der Waals surface area contributed by atoms with Crippen LogP contribution < -0.4 is 5.32 Å². The van der Waals surface area contributed by atoms with Crippen molar-refractivity contribution in [3.63, 3.8) is 0 Å². The van der Waals surface area contributed by atoms with Gasteiger partial charge in [-0.05, 0) is 50.6 Å². The number of hydrogen-bond donors (Lipinski definition) is 1. The van der Waals surface area contributed by atoms with E-state index in [2.05, 4.69) is 47.8 Å². The number of nitrogens with one attached hydrogen (secondary N) is 1. The van der Waals surface area contributed by atoms with Crippen LogP contribution in [0.4, 0.5) is 0 Å². The first-order valence-electron chi connectivity index (χ1n) is 5.98. The largest absolute Gasteiger partial charge is 0.281 e. The van der Waals surface area contributed by atoms with Crippen LogP contribution in [-0.4, -0.2) is 18.1 Å². The Morgan fingerprint density at radius 1 is 1.44 bits per heavy atom. The van der Waals surface area contributed by atoms with E-state index in [-0.39, 0.29) is 6.04 Å². The van der Waals surface area contributed by atoms with Crippen molar-refractivity contribution >= 4 is 17.6 Å². The van der Waals surface area contributed by atoms with Gasteiger partial charge >= 0.3 is 0 Å². The Morgan fingerprint density at radius 2 is 2.11 bits per heavy atom.